The van der Waals surface area contributed by atoms with Crippen LogP contribution >= 0.6 is 0 Å². The van der Waals surface area contributed by atoms with Crippen molar-refractivity contribution >= 4 is 8.80 Å². The van der Waals surface area contributed by atoms with Crippen molar-refractivity contribution in [3.05, 3.63) is 23.8 Å². The van der Waals surface area contributed by atoms with Gasteiger partial charge in [-0.15, -0.1) is 0 Å². The van der Waals surface area contributed by atoms with Crippen LogP contribution in [-0.2, 0) is 24.6 Å². The summed E-state index contributed by atoms with van der Waals surface area (Å²) in [4.78, 5) is 0. The van der Waals surface area contributed by atoms with Crippen molar-refractivity contribution in [2.75, 3.05) is 26.4 Å². The summed E-state index contributed by atoms with van der Waals surface area (Å²) in [5.74, 6) is 1.44. The van der Waals surface area contributed by atoms with Crippen LogP contribution in [0.5, 0.6) is 11.5 Å². The van der Waals surface area contributed by atoms with Crippen molar-refractivity contribution in [3.8, 4) is 11.5 Å². The standard InChI is InChI=1S/C22H38O6Si/c1-7-18(5)22(6)24-17-19-16-20(12-13-21(19)28-22)23-14-11-15-29(25-8-2,26-9-3)27-10-4/h12-13,16,18H,7-11,14-15,17H2,1-6H3. The number of fused-ring (bicyclic) bond motifs is 1. The third-order valence-electron chi connectivity index (χ3n) is 5.36. The summed E-state index contributed by atoms with van der Waals surface area (Å²) in [6.45, 7) is 15.1. The summed E-state index contributed by atoms with van der Waals surface area (Å²) >= 11 is 0. The van der Waals surface area contributed by atoms with Crippen molar-refractivity contribution in [1.29, 1.82) is 0 Å². The molecule has 2 unspecified atom stereocenters. The molecular weight excluding hydrogens is 388 g/mol. The maximum absolute atomic E-state index is 6.16. The lowest BCUT2D eigenvalue weighted by atomic mass is 9.98. The van der Waals surface area contributed by atoms with Crippen molar-refractivity contribution in [2.45, 2.75) is 72.8 Å². The molecule has 1 aliphatic rings. The van der Waals surface area contributed by atoms with Crippen LogP contribution in [0.25, 0.3) is 0 Å². The molecule has 166 valence electrons. The Morgan fingerprint density at radius 1 is 1.07 bits per heavy atom. The maximum Gasteiger partial charge on any atom is 0.501 e. The molecule has 0 amide bonds. The second kappa shape index (κ2) is 11.3. The second-order valence-electron chi connectivity index (χ2n) is 7.42. The molecule has 0 fully saturated rings. The van der Waals surface area contributed by atoms with Gasteiger partial charge in [0, 0.05) is 44.3 Å². The third kappa shape index (κ3) is 6.43. The van der Waals surface area contributed by atoms with Gasteiger partial charge in [0.15, 0.2) is 0 Å². The molecule has 29 heavy (non-hydrogen) atoms. The van der Waals surface area contributed by atoms with Crippen molar-refractivity contribution < 1.29 is 27.5 Å². The van der Waals surface area contributed by atoms with E-state index in [1.807, 2.05) is 45.9 Å². The fourth-order valence-corrected chi connectivity index (χ4v) is 6.00. The molecule has 2 rings (SSSR count). The smallest absolute Gasteiger partial charge is 0.494 e. The monoisotopic (exact) mass is 426 g/mol. The van der Waals surface area contributed by atoms with E-state index in [9.17, 15) is 0 Å². The summed E-state index contributed by atoms with van der Waals surface area (Å²) in [5.41, 5.74) is 1.02. The predicted molar refractivity (Wildman–Crippen MR) is 115 cm³/mol. The van der Waals surface area contributed by atoms with Gasteiger partial charge in [0.05, 0.1) is 13.2 Å². The van der Waals surface area contributed by atoms with E-state index in [0.29, 0.717) is 39.0 Å². The molecule has 6 nitrogen and oxygen atoms in total. The molecule has 2 atom stereocenters. The minimum absolute atomic E-state index is 0.317. The average molecular weight is 427 g/mol. The van der Waals surface area contributed by atoms with E-state index in [2.05, 4.69) is 13.8 Å². The molecule has 0 N–H and O–H groups in total. The highest BCUT2D eigenvalue weighted by Gasteiger charge is 2.40. The molecule has 7 heteroatoms. The maximum atomic E-state index is 6.16. The zero-order valence-corrected chi connectivity index (χ0v) is 19.9. The molecule has 0 radical (unpaired) electrons. The normalized spacial score (nSPS) is 20.1. The molecule has 0 spiro atoms. The topological polar surface area (TPSA) is 55.4 Å². The van der Waals surface area contributed by atoms with Crippen LogP contribution < -0.4 is 9.47 Å². The highest BCUT2D eigenvalue weighted by molar-refractivity contribution is 6.60. The Morgan fingerprint density at radius 3 is 2.31 bits per heavy atom. The Morgan fingerprint density at radius 2 is 1.72 bits per heavy atom. The van der Waals surface area contributed by atoms with Crippen LogP contribution in [0.4, 0.5) is 0 Å². The SMILES string of the molecule is CCO[Si](CCCOc1ccc2c(c1)COC(C)(C(C)CC)O2)(OCC)OCC. The van der Waals surface area contributed by atoms with Gasteiger partial charge >= 0.3 is 8.80 Å². The molecule has 1 aliphatic heterocycles. The van der Waals surface area contributed by atoms with E-state index in [1.165, 1.54) is 0 Å². The average Bonchev–Trinajstić information content (AvgIpc) is 2.71. The van der Waals surface area contributed by atoms with Crippen LogP contribution in [0.2, 0.25) is 6.04 Å². The van der Waals surface area contributed by atoms with Gasteiger partial charge in [0.25, 0.3) is 0 Å². The van der Waals surface area contributed by atoms with E-state index in [-0.39, 0.29) is 0 Å². The summed E-state index contributed by atoms with van der Waals surface area (Å²) in [6.07, 6.45) is 1.81. The van der Waals surface area contributed by atoms with Gasteiger partial charge < -0.3 is 27.5 Å². The number of benzene rings is 1. The molecule has 0 saturated heterocycles. The first-order chi connectivity index (χ1) is 13.9. The first kappa shape index (κ1) is 24.1. The Labute approximate surface area is 177 Å². The number of ether oxygens (including phenoxy) is 3. The van der Waals surface area contributed by atoms with Gasteiger partial charge in [-0.05, 0) is 51.8 Å². The zero-order chi connectivity index (χ0) is 21.3. The summed E-state index contributed by atoms with van der Waals surface area (Å²) < 4.78 is 35.8. The Kier molecular flexibility index (Phi) is 9.42. The minimum Gasteiger partial charge on any atom is -0.494 e. The van der Waals surface area contributed by atoms with E-state index < -0.39 is 14.6 Å². The van der Waals surface area contributed by atoms with Crippen LogP contribution in [-0.4, -0.2) is 41.0 Å². The van der Waals surface area contributed by atoms with Crippen molar-refractivity contribution in [1.82, 2.24) is 0 Å². The lowest BCUT2D eigenvalue weighted by Crippen LogP contribution is -2.46. The van der Waals surface area contributed by atoms with Gasteiger partial charge in [0.2, 0.25) is 5.79 Å². The van der Waals surface area contributed by atoms with E-state index in [1.54, 1.807) is 0 Å². The molecular formula is C22H38O6Si. The molecule has 0 saturated carbocycles. The van der Waals surface area contributed by atoms with Crippen LogP contribution in [0, 0.1) is 5.92 Å². The largest absolute Gasteiger partial charge is 0.501 e. The lowest BCUT2D eigenvalue weighted by Gasteiger charge is -2.39. The Hall–Kier alpha value is -1.12. The summed E-state index contributed by atoms with van der Waals surface area (Å²) in [5, 5.41) is 0. The van der Waals surface area contributed by atoms with Gasteiger partial charge in [-0.25, -0.2) is 0 Å². The highest BCUT2D eigenvalue weighted by atomic mass is 28.4. The number of hydrogen-bond acceptors (Lipinski definition) is 6. The highest BCUT2D eigenvalue weighted by Crippen LogP contribution is 2.38. The molecule has 0 aliphatic carbocycles. The molecule has 1 aromatic rings. The lowest BCUT2D eigenvalue weighted by molar-refractivity contribution is -0.223. The van der Waals surface area contributed by atoms with Crippen LogP contribution in [0.3, 0.4) is 0 Å². The van der Waals surface area contributed by atoms with Gasteiger partial charge in [-0.2, -0.15) is 0 Å². The predicted octanol–water partition coefficient (Wildman–Crippen LogP) is 5.18. The number of rotatable bonds is 13. The van der Waals surface area contributed by atoms with E-state index >= 15 is 0 Å². The van der Waals surface area contributed by atoms with E-state index in [0.717, 1.165) is 35.9 Å². The van der Waals surface area contributed by atoms with Gasteiger partial charge in [-0.3, -0.25) is 0 Å². The van der Waals surface area contributed by atoms with Crippen LogP contribution in [0.1, 0.15) is 59.9 Å². The minimum atomic E-state index is -2.61. The second-order valence-corrected chi connectivity index (χ2v) is 10.2. The quantitative estimate of drug-likeness (QED) is 0.320. The fourth-order valence-electron chi connectivity index (χ4n) is 3.42. The fraction of sp³-hybridized carbons (Fsp3) is 0.727. The molecule has 0 bridgehead atoms. The summed E-state index contributed by atoms with van der Waals surface area (Å²) in [6, 6.07) is 6.68. The summed E-state index contributed by atoms with van der Waals surface area (Å²) in [7, 11) is -2.61. The Balaban J connectivity index is 1.91. The number of hydrogen-bond donors (Lipinski definition) is 0. The molecule has 1 heterocycles. The van der Waals surface area contributed by atoms with Gasteiger partial charge in [-0.1, -0.05) is 13.8 Å². The molecule has 0 aromatic heterocycles. The first-order valence-corrected chi connectivity index (χ1v) is 12.9. The van der Waals surface area contributed by atoms with E-state index in [4.69, 9.17) is 27.5 Å². The molecule has 1 aromatic carbocycles. The third-order valence-corrected chi connectivity index (χ3v) is 8.51. The first-order valence-electron chi connectivity index (χ1n) is 10.9. The van der Waals surface area contributed by atoms with Crippen molar-refractivity contribution in [2.24, 2.45) is 5.92 Å². The van der Waals surface area contributed by atoms with Gasteiger partial charge in [0.1, 0.15) is 11.5 Å². The zero-order valence-electron chi connectivity index (χ0n) is 18.9. The Bertz CT molecular complexity index is 608. The van der Waals surface area contributed by atoms with Crippen LogP contribution in [0.15, 0.2) is 18.2 Å². The van der Waals surface area contributed by atoms with Crippen molar-refractivity contribution in [3.63, 3.8) is 0 Å².